The molecule has 0 spiro atoms. The van der Waals surface area contributed by atoms with Crippen LogP contribution in [0.15, 0.2) is 29.5 Å². The number of halogens is 3. The molecule has 26 heavy (non-hydrogen) atoms. The van der Waals surface area contributed by atoms with E-state index in [1.807, 2.05) is 0 Å². The van der Waals surface area contributed by atoms with E-state index in [0.29, 0.717) is 5.69 Å². The molecule has 0 aliphatic heterocycles. The number of Topliss-reactive ketones (excluding diaryl/α,β-unsaturated/α-hetero) is 1. The standard InChI is InChI=1S/C17H19F3N4O2/c1-16(2)6-11(13(12(25)7-16)14(22)17(18,19)20)24-8-3-4-9(15(23)26)10(21)5-8/h3-5,22,24H,6-7,21H2,1-2H3,(H2,23,26). The maximum Gasteiger partial charge on any atom is 0.433 e. The van der Waals surface area contributed by atoms with Crippen LogP contribution in [0, 0.1) is 10.8 Å². The molecule has 1 aromatic carbocycles. The number of primary amides is 1. The van der Waals surface area contributed by atoms with Crippen molar-refractivity contribution < 1.29 is 22.8 Å². The Labute approximate surface area is 147 Å². The Morgan fingerprint density at radius 1 is 1.27 bits per heavy atom. The second kappa shape index (κ2) is 6.47. The van der Waals surface area contributed by atoms with Gasteiger partial charge < -0.3 is 16.8 Å². The number of hydrogen-bond donors (Lipinski definition) is 4. The molecule has 1 aromatic rings. The van der Waals surface area contributed by atoms with E-state index in [-0.39, 0.29) is 29.8 Å². The highest BCUT2D eigenvalue weighted by Gasteiger charge is 2.44. The van der Waals surface area contributed by atoms with Gasteiger partial charge in [0.1, 0.15) is 5.71 Å². The molecule has 0 saturated heterocycles. The van der Waals surface area contributed by atoms with Crippen molar-refractivity contribution in [3.05, 3.63) is 35.0 Å². The normalized spacial score (nSPS) is 17.2. The van der Waals surface area contributed by atoms with Crippen LogP contribution in [0.5, 0.6) is 0 Å². The summed E-state index contributed by atoms with van der Waals surface area (Å²) in [5, 5.41) is 10.2. The number of carbonyl (C=O) groups is 2. The number of alkyl halides is 3. The summed E-state index contributed by atoms with van der Waals surface area (Å²) in [6.07, 6.45) is -4.88. The summed E-state index contributed by atoms with van der Waals surface area (Å²) in [6, 6.07) is 4.10. The monoisotopic (exact) mass is 368 g/mol. The van der Waals surface area contributed by atoms with E-state index in [0.717, 1.165) is 0 Å². The van der Waals surface area contributed by atoms with Crippen molar-refractivity contribution in [2.75, 3.05) is 11.1 Å². The zero-order valence-corrected chi connectivity index (χ0v) is 14.3. The number of nitrogens with one attached hydrogen (secondary N) is 2. The fourth-order valence-corrected chi connectivity index (χ4v) is 2.90. The molecule has 0 atom stereocenters. The number of allylic oxidation sites excluding steroid dienone is 2. The lowest BCUT2D eigenvalue weighted by Crippen LogP contribution is -2.36. The molecular weight excluding hydrogens is 349 g/mol. The van der Waals surface area contributed by atoms with Crippen LogP contribution in [0.3, 0.4) is 0 Å². The third kappa shape index (κ3) is 4.04. The first-order valence-electron chi connectivity index (χ1n) is 7.70. The first-order valence-corrected chi connectivity index (χ1v) is 7.70. The lowest BCUT2D eigenvalue weighted by molar-refractivity contribution is -0.118. The van der Waals surface area contributed by atoms with Gasteiger partial charge in [0.2, 0.25) is 0 Å². The summed E-state index contributed by atoms with van der Waals surface area (Å²) in [5.41, 5.74) is 8.40. The zero-order chi connectivity index (χ0) is 19.9. The predicted octanol–water partition coefficient (Wildman–Crippen LogP) is 3.00. The highest BCUT2D eigenvalue weighted by Crippen LogP contribution is 2.39. The van der Waals surface area contributed by atoms with E-state index in [1.165, 1.54) is 18.2 Å². The molecule has 1 aliphatic rings. The van der Waals surface area contributed by atoms with Crippen LogP contribution in [-0.2, 0) is 4.79 Å². The summed E-state index contributed by atoms with van der Waals surface area (Å²) in [7, 11) is 0. The fourth-order valence-electron chi connectivity index (χ4n) is 2.90. The van der Waals surface area contributed by atoms with Crippen LogP contribution in [0.4, 0.5) is 24.5 Å². The SMILES string of the molecule is CC1(C)CC(=O)C(C(=N)C(F)(F)F)=C(Nc2ccc(C(N)=O)c(N)c2)C1. The maximum atomic E-state index is 13.0. The maximum absolute atomic E-state index is 13.0. The lowest BCUT2D eigenvalue weighted by atomic mass is 9.74. The van der Waals surface area contributed by atoms with Crippen LogP contribution in [0.1, 0.15) is 37.0 Å². The number of ketones is 1. The quantitative estimate of drug-likeness (QED) is 0.482. The number of amides is 1. The van der Waals surface area contributed by atoms with Crippen molar-refractivity contribution in [2.24, 2.45) is 11.1 Å². The van der Waals surface area contributed by atoms with Crippen molar-refractivity contribution in [1.29, 1.82) is 5.41 Å². The average Bonchev–Trinajstić information content (AvgIpc) is 2.43. The topological polar surface area (TPSA) is 122 Å². The molecule has 2 rings (SSSR count). The van der Waals surface area contributed by atoms with Crippen molar-refractivity contribution in [2.45, 2.75) is 32.9 Å². The van der Waals surface area contributed by atoms with Gasteiger partial charge in [-0.3, -0.25) is 15.0 Å². The summed E-state index contributed by atoms with van der Waals surface area (Å²) in [5.74, 6) is -1.48. The van der Waals surface area contributed by atoms with Crippen molar-refractivity contribution in [3.8, 4) is 0 Å². The highest BCUT2D eigenvalue weighted by atomic mass is 19.4. The van der Waals surface area contributed by atoms with Gasteiger partial charge in [0.05, 0.1) is 11.1 Å². The largest absolute Gasteiger partial charge is 0.433 e. The molecular formula is C17H19F3N4O2. The second-order valence-electron chi connectivity index (χ2n) is 6.96. The molecule has 0 heterocycles. The number of rotatable bonds is 4. The Kier molecular flexibility index (Phi) is 4.85. The van der Waals surface area contributed by atoms with Gasteiger partial charge in [-0.1, -0.05) is 13.8 Å². The minimum Gasteiger partial charge on any atom is -0.398 e. The van der Waals surface area contributed by atoms with E-state index in [1.54, 1.807) is 13.8 Å². The Morgan fingerprint density at radius 2 is 1.88 bits per heavy atom. The van der Waals surface area contributed by atoms with Gasteiger partial charge in [0, 0.05) is 23.5 Å². The molecule has 0 fully saturated rings. The third-order valence-electron chi connectivity index (χ3n) is 4.02. The average molecular weight is 368 g/mol. The number of nitrogen functional groups attached to an aromatic ring is 1. The number of carbonyl (C=O) groups excluding carboxylic acids is 2. The summed E-state index contributed by atoms with van der Waals surface area (Å²) >= 11 is 0. The molecule has 140 valence electrons. The molecule has 0 radical (unpaired) electrons. The number of hydrogen-bond acceptors (Lipinski definition) is 5. The Bertz CT molecular complexity index is 826. The Hall–Kier alpha value is -2.84. The minimum atomic E-state index is -4.94. The zero-order valence-electron chi connectivity index (χ0n) is 14.3. The van der Waals surface area contributed by atoms with Crippen LogP contribution >= 0.6 is 0 Å². The summed E-state index contributed by atoms with van der Waals surface area (Å²) < 4.78 is 39.0. The molecule has 0 aromatic heterocycles. The van der Waals surface area contributed by atoms with Gasteiger partial charge in [-0.25, -0.2) is 0 Å². The van der Waals surface area contributed by atoms with E-state index < -0.39 is 34.6 Å². The first-order chi connectivity index (χ1) is 11.8. The lowest BCUT2D eigenvalue weighted by Gasteiger charge is -2.33. The molecule has 1 aliphatic carbocycles. The molecule has 0 unspecified atom stereocenters. The number of anilines is 2. The highest BCUT2D eigenvalue weighted by molar-refractivity contribution is 6.24. The van der Waals surface area contributed by atoms with E-state index >= 15 is 0 Å². The van der Waals surface area contributed by atoms with Gasteiger partial charge in [-0.05, 0) is 30.0 Å². The molecule has 1 amide bonds. The van der Waals surface area contributed by atoms with E-state index in [4.69, 9.17) is 16.9 Å². The van der Waals surface area contributed by atoms with Crippen LogP contribution < -0.4 is 16.8 Å². The van der Waals surface area contributed by atoms with Crippen molar-refractivity contribution in [3.63, 3.8) is 0 Å². The van der Waals surface area contributed by atoms with Crippen molar-refractivity contribution in [1.82, 2.24) is 0 Å². The molecule has 0 bridgehead atoms. The van der Waals surface area contributed by atoms with E-state index in [2.05, 4.69) is 5.32 Å². The summed E-state index contributed by atoms with van der Waals surface area (Å²) in [4.78, 5) is 23.5. The van der Waals surface area contributed by atoms with Crippen LogP contribution in [-0.4, -0.2) is 23.6 Å². The molecule has 6 N–H and O–H groups in total. The molecule has 9 heteroatoms. The fraction of sp³-hybridized carbons (Fsp3) is 0.353. The van der Waals surface area contributed by atoms with Crippen molar-refractivity contribution >= 4 is 28.8 Å². The van der Waals surface area contributed by atoms with Gasteiger partial charge in [0.15, 0.2) is 5.78 Å². The third-order valence-corrected chi connectivity index (χ3v) is 4.02. The number of nitrogens with two attached hydrogens (primary N) is 2. The minimum absolute atomic E-state index is 0.000185. The smallest absolute Gasteiger partial charge is 0.398 e. The van der Waals surface area contributed by atoms with Gasteiger partial charge >= 0.3 is 6.18 Å². The Morgan fingerprint density at radius 3 is 2.38 bits per heavy atom. The predicted molar refractivity (Wildman–Crippen MR) is 91.8 cm³/mol. The molecule has 6 nitrogen and oxygen atoms in total. The van der Waals surface area contributed by atoms with Gasteiger partial charge in [-0.2, -0.15) is 13.2 Å². The van der Waals surface area contributed by atoms with Crippen LogP contribution in [0.25, 0.3) is 0 Å². The van der Waals surface area contributed by atoms with Gasteiger partial charge in [-0.15, -0.1) is 0 Å². The number of benzene rings is 1. The van der Waals surface area contributed by atoms with Gasteiger partial charge in [0.25, 0.3) is 5.91 Å². The Balaban J connectivity index is 2.50. The van der Waals surface area contributed by atoms with E-state index in [9.17, 15) is 22.8 Å². The second-order valence-corrected chi connectivity index (χ2v) is 6.96. The van der Waals surface area contributed by atoms with Crippen LogP contribution in [0.2, 0.25) is 0 Å². The first kappa shape index (κ1) is 19.5. The molecule has 0 saturated carbocycles. The summed E-state index contributed by atoms with van der Waals surface area (Å²) in [6.45, 7) is 3.51.